The van der Waals surface area contributed by atoms with Gasteiger partial charge in [-0.3, -0.25) is 5.04 Å². The smallest absolute Gasteiger partial charge is 0.744 e. The number of aromatic nitrogens is 4. The molecule has 0 amide bonds. The average Bonchev–Trinajstić information content (AvgIpc) is 2.96. The minimum absolute atomic E-state index is 0. The van der Waals surface area contributed by atoms with Crippen molar-refractivity contribution in [3.05, 3.63) is 35.1 Å². The first kappa shape index (κ1) is 24.2. The van der Waals surface area contributed by atoms with Gasteiger partial charge >= 0.3 is 59.1 Å². The van der Waals surface area contributed by atoms with Crippen LogP contribution < -0.4 is 64.4 Å². The van der Waals surface area contributed by atoms with Gasteiger partial charge in [-0.15, -0.1) is 0 Å². The fourth-order valence-electron chi connectivity index (χ4n) is 2.09. The molecule has 26 heavy (non-hydrogen) atoms. The van der Waals surface area contributed by atoms with Crippen LogP contribution in [0.15, 0.2) is 40.1 Å². The van der Waals surface area contributed by atoms with Crippen LogP contribution in [0.3, 0.4) is 0 Å². The molecule has 0 radical (unpaired) electrons. The van der Waals surface area contributed by atoms with Crippen LogP contribution in [0.2, 0.25) is 0 Å². The van der Waals surface area contributed by atoms with E-state index < -0.39 is 15.0 Å². The number of tetrazole rings is 1. The fourth-order valence-corrected chi connectivity index (χ4v) is 3.20. The molecule has 1 aromatic heterocycles. The summed E-state index contributed by atoms with van der Waals surface area (Å²) in [5.74, 6) is 0. The fraction of sp³-hybridized carbons (Fsp3) is 0. The van der Waals surface area contributed by atoms with Crippen molar-refractivity contribution in [1.82, 2.24) is 20.2 Å². The van der Waals surface area contributed by atoms with E-state index >= 15 is 0 Å². The number of rotatable bonds is 5. The predicted molar refractivity (Wildman–Crippen MR) is 80.0 cm³/mol. The summed E-state index contributed by atoms with van der Waals surface area (Å²) < 4.78 is 39.8. The second kappa shape index (κ2) is 10.1. The van der Waals surface area contributed by atoms with Crippen LogP contribution in [0.1, 0.15) is 0 Å². The van der Waals surface area contributed by atoms with Gasteiger partial charge in [0.25, 0.3) is 0 Å². The molecule has 0 aliphatic rings. The van der Waals surface area contributed by atoms with Gasteiger partial charge in [-0.1, -0.05) is 16.4 Å². The van der Waals surface area contributed by atoms with Gasteiger partial charge in [-0.2, -0.15) is 9.55 Å². The van der Waals surface area contributed by atoms with Crippen molar-refractivity contribution in [3.63, 3.8) is 0 Å². The topological polar surface area (TPSA) is 145 Å². The molecule has 0 saturated carbocycles. The molecule has 0 aliphatic carbocycles. The quantitative estimate of drug-likeness (QED) is 0.104. The van der Waals surface area contributed by atoms with Crippen LogP contribution in [0.4, 0.5) is 0 Å². The first-order valence-corrected chi connectivity index (χ1v) is 8.63. The van der Waals surface area contributed by atoms with Crippen LogP contribution in [0.5, 0.6) is 0 Å². The minimum atomic E-state index is -4.72. The Bertz CT molecular complexity index is 1070. The molecule has 1 heterocycles. The van der Waals surface area contributed by atoms with E-state index in [1.54, 1.807) is 12.1 Å². The second-order valence-corrected chi connectivity index (χ2v) is 6.94. The van der Waals surface area contributed by atoms with E-state index in [-0.39, 0.29) is 69.6 Å². The molecule has 126 valence electrons. The van der Waals surface area contributed by atoms with Crippen LogP contribution in [0, 0.1) is 4.77 Å². The number of hydrogen-bond acceptors (Lipinski definition) is 10. The molecular formula is C11H6N4Na2O6S3. The summed E-state index contributed by atoms with van der Waals surface area (Å²) in [6.45, 7) is 0. The molecule has 0 saturated heterocycles. The Hall–Kier alpha value is 0.130. The van der Waals surface area contributed by atoms with Gasteiger partial charge < -0.3 is 9.81 Å². The molecule has 3 aromatic rings. The minimum Gasteiger partial charge on any atom is -0.744 e. The summed E-state index contributed by atoms with van der Waals surface area (Å²) in [6, 6.07) is 7.13. The molecule has 2 aromatic carbocycles. The molecule has 0 unspecified atom stereocenters. The maximum atomic E-state index is 11.4. The van der Waals surface area contributed by atoms with E-state index in [1.165, 1.54) is 22.9 Å². The number of benzene rings is 2. The van der Waals surface area contributed by atoms with Gasteiger partial charge in [0, 0.05) is 10.3 Å². The van der Waals surface area contributed by atoms with E-state index in [9.17, 15) is 18.2 Å². The second-order valence-electron chi connectivity index (χ2n) is 4.42. The van der Waals surface area contributed by atoms with Crippen LogP contribution in [0.25, 0.3) is 16.5 Å². The van der Waals surface area contributed by atoms with Gasteiger partial charge in [0.1, 0.15) is 10.1 Å². The van der Waals surface area contributed by atoms with Gasteiger partial charge in [-0.25, -0.2) is 13.1 Å². The van der Waals surface area contributed by atoms with E-state index in [0.29, 0.717) is 27.7 Å². The van der Waals surface area contributed by atoms with Crippen molar-refractivity contribution >= 4 is 45.2 Å². The van der Waals surface area contributed by atoms with E-state index in [2.05, 4.69) is 24.9 Å². The summed E-state index contributed by atoms with van der Waals surface area (Å²) in [4.78, 5) is 0.000669. The average molecular weight is 432 g/mol. The number of fused-ring (bicyclic) bond motifs is 1. The van der Waals surface area contributed by atoms with Crippen molar-refractivity contribution in [2.24, 2.45) is 0 Å². The largest absolute Gasteiger partial charge is 1.00 e. The van der Waals surface area contributed by atoms with Crippen molar-refractivity contribution < 1.29 is 86.7 Å². The molecule has 1 N–H and O–H groups in total. The Morgan fingerprint density at radius 1 is 1.23 bits per heavy atom. The van der Waals surface area contributed by atoms with Crippen LogP contribution in [-0.4, -0.2) is 33.2 Å². The summed E-state index contributed by atoms with van der Waals surface area (Å²) in [7, 11) is -4.72. The molecule has 0 fully saturated rings. The van der Waals surface area contributed by atoms with Gasteiger partial charge in [0.2, 0.25) is 4.77 Å². The maximum Gasteiger partial charge on any atom is 1.00 e. The number of hydrogen-bond donors (Lipinski definition) is 1. The van der Waals surface area contributed by atoms with Gasteiger partial charge in [-0.05, 0) is 41.9 Å². The zero-order chi connectivity index (χ0) is 17.3. The SMILES string of the molecule is O=S(=O)([O-])c1cc(-n2[nH]nnc2=S)c2ccc(SOO[O-])cc2c1.[Na+].[Na+]. The van der Waals surface area contributed by atoms with E-state index in [0.717, 1.165) is 0 Å². The zero-order valence-electron chi connectivity index (χ0n) is 13.4. The van der Waals surface area contributed by atoms with Gasteiger partial charge in [0.15, 0.2) is 0 Å². The predicted octanol–water partition coefficient (Wildman–Crippen LogP) is -5.38. The number of H-pyrrole nitrogens is 1. The molecule has 15 heteroatoms. The molecule has 0 spiro atoms. The monoisotopic (exact) mass is 432 g/mol. The number of nitrogens with zero attached hydrogens (tertiary/aromatic N) is 3. The molecule has 0 bridgehead atoms. The third-order valence-electron chi connectivity index (χ3n) is 3.03. The summed E-state index contributed by atoms with van der Waals surface area (Å²) in [6.07, 6.45) is 0. The van der Waals surface area contributed by atoms with Crippen LogP contribution >= 0.6 is 24.3 Å². The Morgan fingerprint density at radius 3 is 2.54 bits per heavy atom. The first-order valence-electron chi connectivity index (χ1n) is 6.07. The van der Waals surface area contributed by atoms with Crippen molar-refractivity contribution in [1.29, 1.82) is 0 Å². The Kier molecular flexibility index (Phi) is 9.36. The van der Waals surface area contributed by atoms with Gasteiger partial charge in [0.05, 0.1) is 22.6 Å². The normalized spacial score (nSPS) is 11.0. The Morgan fingerprint density at radius 2 is 1.96 bits per heavy atom. The number of nitrogens with one attached hydrogen (secondary N) is 1. The standard InChI is InChI=1S/C11H8N4O6S3.2Na/c16-20-21-23-7-1-2-9-6(3-7)4-8(24(17,18)19)5-10(9)15-11(22)12-13-14-15;;/h1-5,16H,(H,12,14,22)(H,17,18,19);;/q;2*+1/p-2. The summed E-state index contributed by atoms with van der Waals surface area (Å²) in [5, 5.41) is 23.8. The molecule has 3 rings (SSSR count). The summed E-state index contributed by atoms with van der Waals surface area (Å²) in [5.41, 5.74) is 0.287. The van der Waals surface area contributed by atoms with Crippen molar-refractivity contribution in [2.45, 2.75) is 9.79 Å². The Labute approximate surface area is 200 Å². The molecule has 0 atom stereocenters. The molecule has 10 nitrogen and oxygen atoms in total. The van der Waals surface area contributed by atoms with Crippen molar-refractivity contribution in [2.75, 3.05) is 0 Å². The third-order valence-corrected chi connectivity index (χ3v) is 4.68. The van der Waals surface area contributed by atoms with E-state index in [1.807, 2.05) is 0 Å². The van der Waals surface area contributed by atoms with Crippen molar-refractivity contribution in [3.8, 4) is 5.69 Å². The zero-order valence-corrected chi connectivity index (χ0v) is 19.9. The number of aromatic amines is 1. The molecule has 0 aliphatic heterocycles. The maximum absolute atomic E-state index is 11.4. The summed E-state index contributed by atoms with van der Waals surface area (Å²) >= 11 is 5.64. The first-order chi connectivity index (χ1) is 11.4. The third kappa shape index (κ3) is 5.35. The van der Waals surface area contributed by atoms with E-state index in [4.69, 9.17) is 12.2 Å². The van der Waals surface area contributed by atoms with Crippen LogP contribution in [-0.2, 0) is 19.5 Å². The Balaban J connectivity index is 0.00000169. The molecular weight excluding hydrogens is 426 g/mol.